The zero-order valence-corrected chi connectivity index (χ0v) is 11.0. The second kappa shape index (κ2) is 5.64. The Bertz CT molecular complexity index is 306. The quantitative estimate of drug-likeness (QED) is 0.762. The molecule has 0 fully saturated rings. The molecule has 0 unspecified atom stereocenters. The standard InChI is InChI=1S/C12H17BrO2/c1-4-14-12(3,15-5-2)10-7-6-8-11(13)9-10/h6-9H,4-5H2,1-3H3. The second-order valence-electron chi connectivity index (χ2n) is 3.32. The molecule has 0 amide bonds. The predicted octanol–water partition coefficient (Wildman–Crippen LogP) is 3.69. The van der Waals surface area contributed by atoms with E-state index in [1.807, 2.05) is 45.0 Å². The van der Waals surface area contributed by atoms with E-state index in [1.165, 1.54) is 0 Å². The Hall–Kier alpha value is -0.380. The fraction of sp³-hybridized carbons (Fsp3) is 0.500. The number of ether oxygens (including phenoxy) is 2. The summed E-state index contributed by atoms with van der Waals surface area (Å²) in [6.45, 7) is 7.14. The molecular weight excluding hydrogens is 256 g/mol. The van der Waals surface area contributed by atoms with E-state index in [0.717, 1.165) is 10.0 Å². The summed E-state index contributed by atoms with van der Waals surface area (Å²) in [5.74, 6) is -0.646. The minimum atomic E-state index is -0.646. The van der Waals surface area contributed by atoms with Crippen LogP contribution >= 0.6 is 15.9 Å². The summed E-state index contributed by atoms with van der Waals surface area (Å²) in [6, 6.07) is 8.00. The molecule has 0 spiro atoms. The van der Waals surface area contributed by atoms with Crippen molar-refractivity contribution in [1.82, 2.24) is 0 Å². The summed E-state index contributed by atoms with van der Waals surface area (Å²) >= 11 is 3.45. The highest BCUT2D eigenvalue weighted by Gasteiger charge is 2.27. The summed E-state index contributed by atoms with van der Waals surface area (Å²) < 4.78 is 12.4. The maximum atomic E-state index is 5.67. The molecule has 0 bridgehead atoms. The van der Waals surface area contributed by atoms with Gasteiger partial charge < -0.3 is 9.47 Å². The van der Waals surface area contributed by atoms with Crippen LogP contribution in [-0.4, -0.2) is 13.2 Å². The van der Waals surface area contributed by atoms with Crippen molar-refractivity contribution in [3.63, 3.8) is 0 Å². The average molecular weight is 273 g/mol. The van der Waals surface area contributed by atoms with Crippen LogP contribution in [0.2, 0.25) is 0 Å². The first kappa shape index (κ1) is 12.7. The zero-order valence-electron chi connectivity index (χ0n) is 9.42. The number of halogens is 1. The highest BCUT2D eigenvalue weighted by atomic mass is 79.9. The van der Waals surface area contributed by atoms with Gasteiger partial charge in [0.2, 0.25) is 0 Å². The average Bonchev–Trinajstić information content (AvgIpc) is 2.18. The summed E-state index contributed by atoms with van der Waals surface area (Å²) in [7, 11) is 0. The lowest BCUT2D eigenvalue weighted by Crippen LogP contribution is -2.29. The fourth-order valence-corrected chi connectivity index (χ4v) is 1.93. The van der Waals surface area contributed by atoms with E-state index in [-0.39, 0.29) is 0 Å². The van der Waals surface area contributed by atoms with Gasteiger partial charge in [0.15, 0.2) is 5.79 Å². The van der Waals surface area contributed by atoms with E-state index in [9.17, 15) is 0 Å². The molecular formula is C12H17BrO2. The maximum absolute atomic E-state index is 5.67. The smallest absolute Gasteiger partial charge is 0.191 e. The first-order chi connectivity index (χ1) is 7.12. The molecule has 0 N–H and O–H groups in total. The third-order valence-corrected chi connectivity index (χ3v) is 2.68. The third kappa shape index (κ3) is 3.30. The Labute approximate surface area is 99.7 Å². The molecule has 1 aromatic rings. The first-order valence-electron chi connectivity index (χ1n) is 5.16. The number of rotatable bonds is 5. The monoisotopic (exact) mass is 272 g/mol. The van der Waals surface area contributed by atoms with Crippen molar-refractivity contribution >= 4 is 15.9 Å². The summed E-state index contributed by atoms with van der Waals surface area (Å²) in [4.78, 5) is 0. The molecule has 84 valence electrons. The summed E-state index contributed by atoms with van der Waals surface area (Å²) in [5.41, 5.74) is 1.03. The van der Waals surface area contributed by atoms with E-state index in [4.69, 9.17) is 9.47 Å². The van der Waals surface area contributed by atoms with E-state index in [1.54, 1.807) is 0 Å². The predicted molar refractivity (Wildman–Crippen MR) is 64.7 cm³/mol. The second-order valence-corrected chi connectivity index (χ2v) is 4.24. The van der Waals surface area contributed by atoms with Crippen molar-refractivity contribution in [1.29, 1.82) is 0 Å². The third-order valence-electron chi connectivity index (χ3n) is 2.19. The summed E-state index contributed by atoms with van der Waals surface area (Å²) in [6.07, 6.45) is 0. The van der Waals surface area contributed by atoms with Crippen LogP contribution in [0.4, 0.5) is 0 Å². The van der Waals surface area contributed by atoms with Gasteiger partial charge in [0.1, 0.15) is 0 Å². The molecule has 2 nitrogen and oxygen atoms in total. The lowest BCUT2D eigenvalue weighted by Gasteiger charge is -2.29. The van der Waals surface area contributed by atoms with Crippen LogP contribution in [0.1, 0.15) is 26.3 Å². The van der Waals surface area contributed by atoms with Gasteiger partial charge in [-0.2, -0.15) is 0 Å². The Morgan fingerprint density at radius 2 is 1.80 bits per heavy atom. The first-order valence-corrected chi connectivity index (χ1v) is 5.95. The van der Waals surface area contributed by atoms with Gasteiger partial charge in [0, 0.05) is 23.2 Å². The molecule has 0 aliphatic heterocycles. The van der Waals surface area contributed by atoms with Crippen LogP contribution in [0.3, 0.4) is 0 Å². The van der Waals surface area contributed by atoms with Crippen molar-refractivity contribution in [3.05, 3.63) is 34.3 Å². The van der Waals surface area contributed by atoms with E-state index < -0.39 is 5.79 Å². The van der Waals surface area contributed by atoms with Crippen LogP contribution in [-0.2, 0) is 15.3 Å². The maximum Gasteiger partial charge on any atom is 0.191 e. The van der Waals surface area contributed by atoms with Crippen LogP contribution in [0, 0.1) is 0 Å². The van der Waals surface area contributed by atoms with Crippen molar-refractivity contribution in [2.45, 2.75) is 26.6 Å². The molecule has 0 radical (unpaired) electrons. The molecule has 1 aromatic carbocycles. The zero-order chi connectivity index (χ0) is 11.3. The Morgan fingerprint density at radius 3 is 2.27 bits per heavy atom. The van der Waals surface area contributed by atoms with Crippen LogP contribution in [0.15, 0.2) is 28.7 Å². The van der Waals surface area contributed by atoms with Gasteiger partial charge in [0.05, 0.1) is 0 Å². The van der Waals surface area contributed by atoms with Crippen molar-refractivity contribution in [2.24, 2.45) is 0 Å². The van der Waals surface area contributed by atoms with Gasteiger partial charge in [-0.25, -0.2) is 0 Å². The van der Waals surface area contributed by atoms with Gasteiger partial charge in [-0.1, -0.05) is 28.1 Å². The SMILES string of the molecule is CCOC(C)(OCC)c1cccc(Br)c1. The van der Waals surface area contributed by atoms with Crippen LogP contribution in [0.5, 0.6) is 0 Å². The molecule has 0 atom stereocenters. The molecule has 0 aromatic heterocycles. The molecule has 0 saturated heterocycles. The largest absolute Gasteiger partial charge is 0.346 e. The van der Waals surface area contributed by atoms with Gasteiger partial charge >= 0.3 is 0 Å². The number of hydrogen-bond donors (Lipinski definition) is 0. The fourth-order valence-electron chi connectivity index (χ4n) is 1.53. The van der Waals surface area contributed by atoms with Gasteiger partial charge in [0.25, 0.3) is 0 Å². The lowest BCUT2D eigenvalue weighted by molar-refractivity contribution is -0.229. The van der Waals surface area contributed by atoms with E-state index in [0.29, 0.717) is 13.2 Å². The van der Waals surface area contributed by atoms with E-state index in [2.05, 4.69) is 15.9 Å². The highest BCUT2D eigenvalue weighted by molar-refractivity contribution is 9.10. The summed E-state index contributed by atoms with van der Waals surface area (Å²) in [5, 5.41) is 0. The lowest BCUT2D eigenvalue weighted by atomic mass is 10.1. The van der Waals surface area contributed by atoms with Crippen LogP contribution in [0.25, 0.3) is 0 Å². The number of benzene rings is 1. The molecule has 0 aliphatic carbocycles. The molecule has 0 saturated carbocycles. The molecule has 1 rings (SSSR count). The van der Waals surface area contributed by atoms with Crippen molar-refractivity contribution < 1.29 is 9.47 Å². The minimum Gasteiger partial charge on any atom is -0.346 e. The van der Waals surface area contributed by atoms with Crippen molar-refractivity contribution in [3.8, 4) is 0 Å². The number of hydrogen-bond acceptors (Lipinski definition) is 2. The molecule has 0 heterocycles. The highest BCUT2D eigenvalue weighted by Crippen LogP contribution is 2.28. The van der Waals surface area contributed by atoms with Gasteiger partial charge in [-0.15, -0.1) is 0 Å². The normalized spacial score (nSPS) is 11.7. The van der Waals surface area contributed by atoms with Crippen molar-refractivity contribution in [2.75, 3.05) is 13.2 Å². The Morgan fingerprint density at radius 1 is 1.20 bits per heavy atom. The van der Waals surface area contributed by atoms with Gasteiger partial charge in [-0.05, 0) is 32.9 Å². The minimum absolute atomic E-state index is 0.628. The topological polar surface area (TPSA) is 18.5 Å². The Balaban J connectivity index is 2.97. The van der Waals surface area contributed by atoms with Gasteiger partial charge in [-0.3, -0.25) is 0 Å². The Kier molecular flexibility index (Phi) is 4.77. The molecule has 15 heavy (non-hydrogen) atoms. The molecule has 3 heteroatoms. The van der Waals surface area contributed by atoms with E-state index >= 15 is 0 Å². The molecule has 0 aliphatic rings. The van der Waals surface area contributed by atoms with Crippen LogP contribution < -0.4 is 0 Å².